The molecule has 0 spiro atoms. The topological polar surface area (TPSA) is 84.0 Å². The largest absolute Gasteiger partial charge is 0.454 e. The van der Waals surface area contributed by atoms with Crippen molar-refractivity contribution in [2.75, 3.05) is 26.9 Å². The lowest BCUT2D eigenvalue weighted by atomic mass is 10.2. The second-order valence-corrected chi connectivity index (χ2v) is 6.24. The number of ether oxygens (including phenoxy) is 2. The highest BCUT2D eigenvalue weighted by Crippen LogP contribution is 2.32. The van der Waals surface area contributed by atoms with E-state index in [4.69, 9.17) is 21.1 Å². The summed E-state index contributed by atoms with van der Waals surface area (Å²) < 4.78 is 10.7. The predicted octanol–water partition coefficient (Wildman–Crippen LogP) is 2.78. The number of halogens is 2. The van der Waals surface area contributed by atoms with E-state index in [1.165, 1.54) is 0 Å². The number of benzene rings is 2. The van der Waals surface area contributed by atoms with Crippen LogP contribution in [0.2, 0.25) is 5.02 Å². The minimum absolute atomic E-state index is 0. The first-order valence-electron chi connectivity index (χ1n) is 8.52. The highest BCUT2D eigenvalue weighted by atomic mass is 127. The Hall–Kier alpha value is -2.20. The molecule has 0 aromatic heterocycles. The van der Waals surface area contributed by atoms with E-state index < -0.39 is 0 Å². The van der Waals surface area contributed by atoms with E-state index in [0.717, 1.165) is 17.1 Å². The van der Waals surface area contributed by atoms with Gasteiger partial charge >= 0.3 is 0 Å². The van der Waals surface area contributed by atoms with Gasteiger partial charge in [0.1, 0.15) is 0 Å². The number of hydrogen-bond acceptors (Lipinski definition) is 4. The molecular weight excluding hydrogens is 495 g/mol. The monoisotopic (exact) mass is 516 g/mol. The maximum atomic E-state index is 12.0. The Morgan fingerprint density at radius 3 is 2.50 bits per heavy atom. The standard InChI is InChI=1S/C19H21ClN4O3.HI/c1-21-19(24-11-13-2-7-16-17(10-13)27-12-26-16)23-9-8-22-18(25)14-3-5-15(20)6-4-14;/h2-7,10H,8-9,11-12H2,1H3,(H,22,25)(H2,21,23,24);1H. The smallest absolute Gasteiger partial charge is 0.251 e. The summed E-state index contributed by atoms with van der Waals surface area (Å²) in [6.07, 6.45) is 0. The number of fused-ring (bicyclic) bond motifs is 1. The predicted molar refractivity (Wildman–Crippen MR) is 120 cm³/mol. The van der Waals surface area contributed by atoms with E-state index in [1.807, 2.05) is 18.2 Å². The van der Waals surface area contributed by atoms with Crippen LogP contribution in [0.3, 0.4) is 0 Å². The van der Waals surface area contributed by atoms with E-state index in [0.29, 0.717) is 36.2 Å². The molecule has 0 bridgehead atoms. The lowest BCUT2D eigenvalue weighted by molar-refractivity contribution is 0.0954. The summed E-state index contributed by atoms with van der Waals surface area (Å²) >= 11 is 5.82. The van der Waals surface area contributed by atoms with Gasteiger partial charge in [0.2, 0.25) is 6.79 Å². The fourth-order valence-corrected chi connectivity index (χ4v) is 2.64. The zero-order chi connectivity index (χ0) is 19.1. The molecule has 0 fully saturated rings. The summed E-state index contributed by atoms with van der Waals surface area (Å²) in [4.78, 5) is 16.2. The van der Waals surface area contributed by atoms with Gasteiger partial charge in [-0.15, -0.1) is 24.0 Å². The lowest BCUT2D eigenvalue weighted by Gasteiger charge is -2.12. The van der Waals surface area contributed by atoms with Crippen LogP contribution in [0.4, 0.5) is 0 Å². The third-order valence-corrected chi connectivity index (χ3v) is 4.18. The van der Waals surface area contributed by atoms with Crippen molar-refractivity contribution in [3.05, 3.63) is 58.6 Å². The van der Waals surface area contributed by atoms with Crippen molar-refractivity contribution < 1.29 is 14.3 Å². The van der Waals surface area contributed by atoms with Gasteiger partial charge in [0.25, 0.3) is 5.91 Å². The summed E-state index contributed by atoms with van der Waals surface area (Å²) in [6.45, 7) is 1.86. The maximum Gasteiger partial charge on any atom is 0.251 e. The van der Waals surface area contributed by atoms with Gasteiger partial charge in [-0.1, -0.05) is 17.7 Å². The van der Waals surface area contributed by atoms with Crippen LogP contribution in [0.15, 0.2) is 47.5 Å². The average Bonchev–Trinajstić information content (AvgIpc) is 3.15. The van der Waals surface area contributed by atoms with Crippen molar-refractivity contribution in [2.24, 2.45) is 4.99 Å². The van der Waals surface area contributed by atoms with E-state index in [2.05, 4.69) is 20.9 Å². The molecule has 0 radical (unpaired) electrons. The maximum absolute atomic E-state index is 12.0. The van der Waals surface area contributed by atoms with Crippen LogP contribution in [0.25, 0.3) is 0 Å². The van der Waals surface area contributed by atoms with Crippen molar-refractivity contribution >= 4 is 47.4 Å². The number of aliphatic imine (C=N–C) groups is 1. The quantitative estimate of drug-likeness (QED) is 0.238. The van der Waals surface area contributed by atoms with Gasteiger partial charge in [0, 0.05) is 37.3 Å². The molecule has 0 atom stereocenters. The van der Waals surface area contributed by atoms with Crippen molar-refractivity contribution in [3.63, 3.8) is 0 Å². The van der Waals surface area contributed by atoms with Crippen LogP contribution in [-0.2, 0) is 6.54 Å². The molecule has 150 valence electrons. The Kier molecular flexibility index (Phi) is 8.65. The number of guanidine groups is 1. The van der Waals surface area contributed by atoms with Crippen LogP contribution in [0, 0.1) is 0 Å². The molecule has 0 aliphatic carbocycles. The molecule has 1 aliphatic rings. The van der Waals surface area contributed by atoms with Gasteiger partial charge in [-0.3, -0.25) is 9.79 Å². The highest BCUT2D eigenvalue weighted by molar-refractivity contribution is 14.0. The molecule has 7 nitrogen and oxygen atoms in total. The first kappa shape index (κ1) is 22.1. The Morgan fingerprint density at radius 2 is 1.75 bits per heavy atom. The first-order valence-corrected chi connectivity index (χ1v) is 8.90. The Balaban J connectivity index is 0.00000280. The fraction of sp³-hybridized carbons (Fsp3) is 0.263. The molecule has 9 heteroatoms. The van der Waals surface area contributed by atoms with Crippen LogP contribution in [0.1, 0.15) is 15.9 Å². The summed E-state index contributed by atoms with van der Waals surface area (Å²) in [5, 5.41) is 9.82. The van der Waals surface area contributed by atoms with Crippen molar-refractivity contribution in [2.45, 2.75) is 6.54 Å². The van der Waals surface area contributed by atoms with Crippen LogP contribution in [0.5, 0.6) is 11.5 Å². The number of nitrogens with one attached hydrogen (secondary N) is 3. The molecule has 3 rings (SSSR count). The normalized spacial score (nSPS) is 12.1. The Bertz CT molecular complexity index is 830. The molecule has 1 aliphatic heterocycles. The molecule has 0 unspecified atom stereocenters. The minimum Gasteiger partial charge on any atom is -0.454 e. The molecule has 2 aromatic rings. The molecule has 0 saturated heterocycles. The number of carbonyl (C=O) groups excluding carboxylic acids is 1. The Morgan fingerprint density at radius 1 is 1.04 bits per heavy atom. The SMILES string of the molecule is CN=C(NCCNC(=O)c1ccc(Cl)cc1)NCc1ccc2c(c1)OCO2.I. The van der Waals surface area contributed by atoms with Crippen LogP contribution >= 0.6 is 35.6 Å². The summed E-state index contributed by atoms with van der Waals surface area (Å²) in [5.41, 5.74) is 1.63. The molecule has 1 amide bonds. The van der Waals surface area contributed by atoms with Gasteiger partial charge in [0.05, 0.1) is 0 Å². The van der Waals surface area contributed by atoms with Gasteiger partial charge in [-0.05, 0) is 42.0 Å². The second-order valence-electron chi connectivity index (χ2n) is 5.80. The van der Waals surface area contributed by atoms with Gasteiger partial charge in [-0.25, -0.2) is 0 Å². The number of carbonyl (C=O) groups is 1. The van der Waals surface area contributed by atoms with E-state index in [-0.39, 0.29) is 36.7 Å². The molecule has 1 heterocycles. The van der Waals surface area contributed by atoms with Crippen molar-refractivity contribution in [1.82, 2.24) is 16.0 Å². The summed E-state index contributed by atoms with van der Waals surface area (Å²) in [6, 6.07) is 12.6. The number of hydrogen-bond donors (Lipinski definition) is 3. The number of rotatable bonds is 6. The van der Waals surface area contributed by atoms with Crippen LogP contribution in [-0.4, -0.2) is 38.8 Å². The zero-order valence-corrected chi connectivity index (χ0v) is 18.4. The summed E-state index contributed by atoms with van der Waals surface area (Å²) in [7, 11) is 1.70. The highest BCUT2D eigenvalue weighted by Gasteiger charge is 2.13. The molecule has 0 saturated carbocycles. The third kappa shape index (κ3) is 6.16. The molecular formula is C19H22ClIN4O3. The number of nitrogens with zero attached hydrogens (tertiary/aromatic N) is 1. The minimum atomic E-state index is -0.142. The fourth-order valence-electron chi connectivity index (χ4n) is 2.52. The van der Waals surface area contributed by atoms with Crippen molar-refractivity contribution in [3.8, 4) is 11.5 Å². The zero-order valence-electron chi connectivity index (χ0n) is 15.3. The van der Waals surface area contributed by atoms with Gasteiger partial charge < -0.3 is 25.4 Å². The number of amides is 1. The average molecular weight is 517 g/mol. The lowest BCUT2D eigenvalue weighted by Crippen LogP contribution is -2.41. The van der Waals surface area contributed by atoms with E-state index in [1.54, 1.807) is 31.3 Å². The second kappa shape index (κ2) is 11.0. The van der Waals surface area contributed by atoms with Crippen molar-refractivity contribution in [1.29, 1.82) is 0 Å². The van der Waals surface area contributed by atoms with Gasteiger partial charge in [0.15, 0.2) is 17.5 Å². The van der Waals surface area contributed by atoms with E-state index in [9.17, 15) is 4.79 Å². The molecule has 28 heavy (non-hydrogen) atoms. The van der Waals surface area contributed by atoms with Gasteiger partial charge in [-0.2, -0.15) is 0 Å². The first-order chi connectivity index (χ1) is 13.2. The Labute approximate surface area is 185 Å². The third-order valence-electron chi connectivity index (χ3n) is 3.93. The van der Waals surface area contributed by atoms with E-state index >= 15 is 0 Å². The van der Waals surface area contributed by atoms with Crippen LogP contribution < -0.4 is 25.4 Å². The molecule has 2 aromatic carbocycles. The summed E-state index contributed by atoms with van der Waals surface area (Å²) in [5.74, 6) is 2.02. The molecule has 3 N–H and O–H groups in total.